The summed E-state index contributed by atoms with van der Waals surface area (Å²) in [5, 5.41) is 14.8. The van der Waals surface area contributed by atoms with E-state index in [-0.39, 0.29) is 12.5 Å². The summed E-state index contributed by atoms with van der Waals surface area (Å²) < 4.78 is 0. The Labute approximate surface area is 145 Å². The second-order valence-corrected chi connectivity index (χ2v) is 5.67. The van der Waals surface area contributed by atoms with Crippen LogP contribution in [0.1, 0.15) is 27.5 Å². The normalized spacial score (nSPS) is 11.2. The van der Waals surface area contributed by atoms with Crippen molar-refractivity contribution in [3.63, 3.8) is 0 Å². The summed E-state index contributed by atoms with van der Waals surface area (Å²) in [6.07, 6.45) is 0. The van der Waals surface area contributed by atoms with E-state index in [1.54, 1.807) is 42.5 Å². The summed E-state index contributed by atoms with van der Waals surface area (Å²) in [7, 11) is 0. The number of halogens is 1. The lowest BCUT2D eigenvalue weighted by Crippen LogP contribution is -2.38. The van der Waals surface area contributed by atoms with E-state index in [1.807, 2.05) is 19.1 Å². The molecule has 0 fully saturated rings. The second-order valence-electron chi connectivity index (χ2n) is 5.24. The van der Waals surface area contributed by atoms with E-state index in [9.17, 15) is 14.9 Å². The van der Waals surface area contributed by atoms with Crippen LogP contribution < -0.4 is 10.6 Å². The average Bonchev–Trinajstić information content (AvgIpc) is 2.57. The van der Waals surface area contributed by atoms with E-state index < -0.39 is 11.9 Å². The number of nitriles is 1. The van der Waals surface area contributed by atoms with Crippen LogP contribution in [-0.4, -0.2) is 18.4 Å². The van der Waals surface area contributed by atoms with E-state index in [0.717, 1.165) is 5.56 Å². The molecule has 0 aromatic heterocycles. The van der Waals surface area contributed by atoms with Crippen molar-refractivity contribution in [2.24, 2.45) is 0 Å². The highest BCUT2D eigenvalue weighted by molar-refractivity contribution is 6.30. The van der Waals surface area contributed by atoms with Gasteiger partial charge in [-0.15, -0.1) is 0 Å². The van der Waals surface area contributed by atoms with Crippen LogP contribution in [-0.2, 0) is 4.79 Å². The van der Waals surface area contributed by atoms with Gasteiger partial charge < -0.3 is 10.6 Å². The molecule has 0 aliphatic rings. The first kappa shape index (κ1) is 17.5. The third-order valence-electron chi connectivity index (χ3n) is 3.31. The molecule has 1 atom stereocenters. The topological polar surface area (TPSA) is 82.0 Å². The van der Waals surface area contributed by atoms with E-state index >= 15 is 0 Å². The Bertz CT molecular complexity index is 799. The summed E-state index contributed by atoms with van der Waals surface area (Å²) in [6.45, 7) is 1.66. The molecule has 24 heavy (non-hydrogen) atoms. The smallest absolute Gasteiger partial charge is 0.251 e. The number of rotatable bonds is 5. The SMILES string of the molecule is Cc1cccc(C(=O)NCC(=O)N[C@@H](C#N)c2cccc(Cl)c2)c1. The molecule has 0 spiro atoms. The number of hydrogen-bond donors (Lipinski definition) is 2. The van der Waals surface area contributed by atoms with Crippen LogP contribution in [0.4, 0.5) is 0 Å². The van der Waals surface area contributed by atoms with E-state index in [1.165, 1.54) is 0 Å². The number of aryl methyl sites for hydroxylation is 1. The number of carbonyl (C=O) groups is 2. The van der Waals surface area contributed by atoms with E-state index in [4.69, 9.17) is 11.6 Å². The van der Waals surface area contributed by atoms with Gasteiger partial charge in [-0.1, -0.05) is 41.4 Å². The highest BCUT2D eigenvalue weighted by Crippen LogP contribution is 2.17. The Kier molecular flexibility index (Phi) is 5.94. The van der Waals surface area contributed by atoms with Crippen molar-refractivity contribution in [2.45, 2.75) is 13.0 Å². The molecule has 2 amide bonds. The lowest BCUT2D eigenvalue weighted by atomic mass is 10.1. The monoisotopic (exact) mass is 341 g/mol. The van der Waals surface area contributed by atoms with Gasteiger partial charge in [-0.05, 0) is 36.8 Å². The van der Waals surface area contributed by atoms with Gasteiger partial charge in [0.05, 0.1) is 12.6 Å². The van der Waals surface area contributed by atoms with Gasteiger partial charge in [0.25, 0.3) is 5.91 Å². The molecular weight excluding hydrogens is 326 g/mol. The Hall–Kier alpha value is -2.84. The van der Waals surface area contributed by atoms with Crippen molar-refractivity contribution < 1.29 is 9.59 Å². The minimum absolute atomic E-state index is 0.217. The predicted molar refractivity (Wildman–Crippen MR) is 91.5 cm³/mol. The minimum Gasteiger partial charge on any atom is -0.343 e. The Morgan fingerprint density at radius 2 is 1.96 bits per heavy atom. The van der Waals surface area contributed by atoms with Crippen LogP contribution >= 0.6 is 11.6 Å². The zero-order valence-corrected chi connectivity index (χ0v) is 13.8. The quantitative estimate of drug-likeness (QED) is 0.877. The fourth-order valence-corrected chi connectivity index (χ4v) is 2.34. The molecular formula is C18H16ClN3O2. The lowest BCUT2D eigenvalue weighted by molar-refractivity contribution is -0.120. The summed E-state index contributed by atoms with van der Waals surface area (Å²) in [6, 6.07) is 14.9. The van der Waals surface area contributed by atoms with Gasteiger partial charge in [-0.3, -0.25) is 9.59 Å². The maximum absolute atomic E-state index is 12.0. The maximum atomic E-state index is 12.0. The van der Waals surface area contributed by atoms with E-state index in [2.05, 4.69) is 10.6 Å². The molecule has 2 rings (SSSR count). The zero-order chi connectivity index (χ0) is 17.5. The first-order chi connectivity index (χ1) is 11.5. The van der Waals surface area contributed by atoms with Crippen LogP contribution in [0, 0.1) is 18.3 Å². The number of amides is 2. The number of hydrogen-bond acceptors (Lipinski definition) is 3. The molecule has 122 valence electrons. The standard InChI is InChI=1S/C18H16ClN3O2/c1-12-4-2-6-14(8-12)18(24)21-11-17(23)22-16(10-20)13-5-3-7-15(19)9-13/h2-9,16H,11H2,1H3,(H,21,24)(H,22,23)/t16-/m0/s1. The molecule has 6 heteroatoms. The molecule has 0 radical (unpaired) electrons. The summed E-state index contributed by atoms with van der Waals surface area (Å²) in [4.78, 5) is 24.0. The van der Waals surface area contributed by atoms with Crippen molar-refractivity contribution in [1.82, 2.24) is 10.6 Å². The van der Waals surface area contributed by atoms with Gasteiger partial charge in [0.1, 0.15) is 6.04 Å². The van der Waals surface area contributed by atoms with Gasteiger partial charge >= 0.3 is 0 Å². The molecule has 0 saturated heterocycles. The summed E-state index contributed by atoms with van der Waals surface area (Å²) in [5.41, 5.74) is 2.02. The minimum atomic E-state index is -0.827. The first-order valence-corrected chi connectivity index (χ1v) is 7.66. The van der Waals surface area contributed by atoms with Crippen molar-refractivity contribution in [3.8, 4) is 6.07 Å². The average molecular weight is 342 g/mol. The van der Waals surface area contributed by atoms with Crippen molar-refractivity contribution >= 4 is 23.4 Å². The van der Waals surface area contributed by atoms with Gasteiger partial charge in [0, 0.05) is 10.6 Å². The molecule has 0 saturated carbocycles. The molecule has 0 aliphatic heterocycles. The lowest BCUT2D eigenvalue weighted by Gasteiger charge is -2.13. The molecule has 0 aliphatic carbocycles. The molecule has 0 bridgehead atoms. The van der Waals surface area contributed by atoms with Gasteiger partial charge in [0.2, 0.25) is 5.91 Å². The number of benzene rings is 2. The fourth-order valence-electron chi connectivity index (χ4n) is 2.14. The maximum Gasteiger partial charge on any atom is 0.251 e. The highest BCUT2D eigenvalue weighted by Gasteiger charge is 2.15. The number of carbonyl (C=O) groups excluding carboxylic acids is 2. The van der Waals surface area contributed by atoms with E-state index in [0.29, 0.717) is 16.1 Å². The molecule has 0 heterocycles. The van der Waals surface area contributed by atoms with Crippen LogP contribution in [0.25, 0.3) is 0 Å². The van der Waals surface area contributed by atoms with Crippen LogP contribution in [0.15, 0.2) is 48.5 Å². The summed E-state index contributed by atoms with van der Waals surface area (Å²) in [5.74, 6) is -0.798. The summed E-state index contributed by atoms with van der Waals surface area (Å²) >= 11 is 5.89. The number of nitrogens with one attached hydrogen (secondary N) is 2. The van der Waals surface area contributed by atoms with Crippen molar-refractivity contribution in [2.75, 3.05) is 6.54 Å². The molecule has 2 aromatic carbocycles. The Morgan fingerprint density at radius 3 is 2.62 bits per heavy atom. The molecule has 0 unspecified atom stereocenters. The third kappa shape index (κ3) is 4.83. The van der Waals surface area contributed by atoms with Gasteiger partial charge in [-0.25, -0.2) is 0 Å². The molecule has 2 aromatic rings. The van der Waals surface area contributed by atoms with Gasteiger partial charge in [0.15, 0.2) is 0 Å². The molecule has 5 nitrogen and oxygen atoms in total. The van der Waals surface area contributed by atoms with Crippen LogP contribution in [0.3, 0.4) is 0 Å². The zero-order valence-electron chi connectivity index (χ0n) is 13.0. The fraction of sp³-hybridized carbons (Fsp3) is 0.167. The number of nitrogens with zero attached hydrogens (tertiary/aromatic N) is 1. The molecule has 2 N–H and O–H groups in total. The van der Waals surface area contributed by atoms with Gasteiger partial charge in [-0.2, -0.15) is 5.26 Å². The Morgan fingerprint density at radius 1 is 1.21 bits per heavy atom. The second kappa shape index (κ2) is 8.14. The van der Waals surface area contributed by atoms with Crippen molar-refractivity contribution in [3.05, 3.63) is 70.2 Å². The largest absolute Gasteiger partial charge is 0.343 e. The predicted octanol–water partition coefficient (Wildman–Crippen LogP) is 2.76. The first-order valence-electron chi connectivity index (χ1n) is 7.29. The van der Waals surface area contributed by atoms with Crippen LogP contribution in [0.5, 0.6) is 0 Å². The van der Waals surface area contributed by atoms with Crippen molar-refractivity contribution in [1.29, 1.82) is 5.26 Å². The van der Waals surface area contributed by atoms with Crippen LogP contribution in [0.2, 0.25) is 5.02 Å². The Balaban J connectivity index is 1.93. The third-order valence-corrected chi connectivity index (χ3v) is 3.54. The highest BCUT2D eigenvalue weighted by atomic mass is 35.5.